The highest BCUT2D eigenvalue weighted by Gasteiger charge is 2.28. The van der Waals surface area contributed by atoms with E-state index in [1.165, 1.54) is 0 Å². The molecule has 1 N–H and O–H groups in total. The molecule has 0 saturated carbocycles. The van der Waals surface area contributed by atoms with Crippen molar-refractivity contribution in [2.24, 2.45) is 0 Å². The van der Waals surface area contributed by atoms with Crippen LogP contribution in [0.15, 0.2) is 66.7 Å². The van der Waals surface area contributed by atoms with Crippen LogP contribution in [0.25, 0.3) is 22.4 Å². The number of aromatic nitrogens is 1. The van der Waals surface area contributed by atoms with E-state index in [0.29, 0.717) is 11.3 Å². The molecule has 2 aromatic carbocycles. The van der Waals surface area contributed by atoms with Crippen molar-refractivity contribution in [3.63, 3.8) is 0 Å². The van der Waals surface area contributed by atoms with E-state index in [2.05, 4.69) is 0 Å². The molecule has 0 atom stereocenters. The fraction of sp³-hybridized carbons (Fsp3) is 0.182. The van der Waals surface area contributed by atoms with Crippen molar-refractivity contribution >= 4 is 5.97 Å². The third-order valence-corrected chi connectivity index (χ3v) is 4.10. The quantitative estimate of drug-likeness (QED) is 0.698. The van der Waals surface area contributed by atoms with E-state index < -0.39 is 5.97 Å². The van der Waals surface area contributed by atoms with Crippen LogP contribution in [0.2, 0.25) is 0 Å². The Kier molecular flexibility index (Phi) is 4.41. The standard InChI is InChI=1S/C22H21NO2/c1-22(2,3)20-19(21(24)25)17(15-10-6-4-7-11-15)14-18(23-20)16-12-8-5-9-13-16/h4-14H,1-3H3,(H,24,25). The van der Waals surface area contributed by atoms with Gasteiger partial charge in [-0.2, -0.15) is 0 Å². The summed E-state index contributed by atoms with van der Waals surface area (Å²) in [5.41, 5.74) is 3.83. The molecule has 3 nitrogen and oxygen atoms in total. The summed E-state index contributed by atoms with van der Waals surface area (Å²) in [4.78, 5) is 16.8. The topological polar surface area (TPSA) is 50.2 Å². The summed E-state index contributed by atoms with van der Waals surface area (Å²) in [7, 11) is 0. The van der Waals surface area contributed by atoms with Gasteiger partial charge >= 0.3 is 5.97 Å². The molecule has 3 aromatic rings. The van der Waals surface area contributed by atoms with E-state index in [1.54, 1.807) is 0 Å². The number of carboxylic acid groups (broad SMARTS) is 1. The molecule has 3 heteroatoms. The molecule has 126 valence electrons. The molecule has 0 aliphatic heterocycles. The van der Waals surface area contributed by atoms with Gasteiger partial charge < -0.3 is 5.11 Å². The molecule has 0 fully saturated rings. The van der Waals surface area contributed by atoms with Crippen LogP contribution in [0.5, 0.6) is 0 Å². The van der Waals surface area contributed by atoms with Crippen LogP contribution in [0.4, 0.5) is 0 Å². The zero-order chi connectivity index (χ0) is 18.0. The second kappa shape index (κ2) is 6.52. The molecule has 3 rings (SSSR count). The largest absolute Gasteiger partial charge is 0.478 e. The van der Waals surface area contributed by atoms with Gasteiger partial charge in [0.05, 0.1) is 17.0 Å². The number of pyridine rings is 1. The highest BCUT2D eigenvalue weighted by molar-refractivity contribution is 5.98. The molecule has 0 saturated heterocycles. The van der Waals surface area contributed by atoms with E-state index in [0.717, 1.165) is 16.8 Å². The lowest BCUT2D eigenvalue weighted by Gasteiger charge is -2.23. The fourth-order valence-corrected chi connectivity index (χ4v) is 2.91. The fourth-order valence-electron chi connectivity index (χ4n) is 2.91. The zero-order valence-corrected chi connectivity index (χ0v) is 14.7. The van der Waals surface area contributed by atoms with Crippen LogP contribution in [0.1, 0.15) is 36.8 Å². The van der Waals surface area contributed by atoms with E-state index in [1.807, 2.05) is 87.5 Å². The lowest BCUT2D eigenvalue weighted by molar-refractivity contribution is 0.0694. The van der Waals surface area contributed by atoms with Crippen molar-refractivity contribution < 1.29 is 9.90 Å². The SMILES string of the molecule is CC(C)(C)c1nc(-c2ccccc2)cc(-c2ccccc2)c1C(=O)O. The normalized spacial score (nSPS) is 11.3. The highest BCUT2D eigenvalue weighted by Crippen LogP contribution is 2.35. The lowest BCUT2D eigenvalue weighted by atomic mass is 9.84. The predicted octanol–water partition coefficient (Wildman–Crippen LogP) is 5.41. The van der Waals surface area contributed by atoms with Crippen molar-refractivity contribution in [1.82, 2.24) is 4.98 Å². The molecular weight excluding hydrogens is 310 g/mol. The van der Waals surface area contributed by atoms with Crippen molar-refractivity contribution in [1.29, 1.82) is 0 Å². The van der Waals surface area contributed by atoms with E-state index in [4.69, 9.17) is 4.98 Å². The van der Waals surface area contributed by atoms with E-state index >= 15 is 0 Å². The van der Waals surface area contributed by atoms with Gasteiger partial charge in [0.2, 0.25) is 0 Å². The molecule has 0 spiro atoms. The molecule has 25 heavy (non-hydrogen) atoms. The van der Waals surface area contributed by atoms with Gasteiger partial charge in [-0.15, -0.1) is 0 Å². The van der Waals surface area contributed by atoms with Gasteiger partial charge in [-0.1, -0.05) is 81.4 Å². The minimum atomic E-state index is -0.948. The van der Waals surface area contributed by atoms with Crippen LogP contribution < -0.4 is 0 Å². The molecule has 0 aliphatic rings. The van der Waals surface area contributed by atoms with Gasteiger partial charge in [0.25, 0.3) is 0 Å². The van der Waals surface area contributed by atoms with Gasteiger partial charge in [0, 0.05) is 16.5 Å². The minimum absolute atomic E-state index is 0.276. The first-order valence-corrected chi connectivity index (χ1v) is 8.27. The first-order chi connectivity index (χ1) is 11.9. The summed E-state index contributed by atoms with van der Waals surface area (Å²) in [6.45, 7) is 5.97. The Morgan fingerprint density at radius 3 is 1.88 bits per heavy atom. The van der Waals surface area contributed by atoms with Crippen molar-refractivity contribution in [3.8, 4) is 22.4 Å². The van der Waals surface area contributed by atoms with E-state index in [-0.39, 0.29) is 11.0 Å². The average Bonchev–Trinajstić information content (AvgIpc) is 2.61. The van der Waals surface area contributed by atoms with Crippen molar-refractivity contribution in [3.05, 3.63) is 78.0 Å². The molecule has 0 radical (unpaired) electrons. The number of hydrogen-bond donors (Lipinski definition) is 1. The van der Waals surface area contributed by atoms with E-state index in [9.17, 15) is 9.90 Å². The third kappa shape index (κ3) is 3.45. The number of carbonyl (C=O) groups is 1. The first-order valence-electron chi connectivity index (χ1n) is 8.27. The predicted molar refractivity (Wildman–Crippen MR) is 101 cm³/mol. The number of nitrogens with zero attached hydrogens (tertiary/aromatic N) is 1. The first kappa shape index (κ1) is 16.9. The van der Waals surface area contributed by atoms with Crippen LogP contribution in [-0.2, 0) is 5.41 Å². The number of aromatic carboxylic acids is 1. The maximum absolute atomic E-state index is 12.1. The smallest absolute Gasteiger partial charge is 0.338 e. The Balaban J connectivity index is 2.37. The zero-order valence-electron chi connectivity index (χ0n) is 14.7. The minimum Gasteiger partial charge on any atom is -0.478 e. The average molecular weight is 331 g/mol. The second-order valence-corrected chi connectivity index (χ2v) is 7.07. The summed E-state index contributed by atoms with van der Waals surface area (Å²) >= 11 is 0. The maximum atomic E-state index is 12.1. The van der Waals surface area contributed by atoms with Gasteiger partial charge in [0.15, 0.2) is 0 Å². The molecule has 1 aromatic heterocycles. The third-order valence-electron chi connectivity index (χ3n) is 4.10. The number of rotatable bonds is 3. The molecule has 0 amide bonds. The second-order valence-electron chi connectivity index (χ2n) is 7.07. The van der Waals surface area contributed by atoms with Crippen LogP contribution >= 0.6 is 0 Å². The van der Waals surface area contributed by atoms with Gasteiger partial charge in [-0.25, -0.2) is 4.79 Å². The highest BCUT2D eigenvalue weighted by atomic mass is 16.4. The number of benzene rings is 2. The Hall–Kier alpha value is -2.94. The molecule has 0 unspecified atom stereocenters. The number of hydrogen-bond acceptors (Lipinski definition) is 2. The molecule has 1 heterocycles. The van der Waals surface area contributed by atoms with Crippen LogP contribution in [-0.4, -0.2) is 16.1 Å². The number of carboxylic acids is 1. The molecular formula is C22H21NO2. The van der Waals surface area contributed by atoms with Crippen molar-refractivity contribution in [2.75, 3.05) is 0 Å². The Morgan fingerprint density at radius 2 is 1.40 bits per heavy atom. The summed E-state index contributed by atoms with van der Waals surface area (Å²) in [5.74, 6) is -0.948. The Morgan fingerprint density at radius 1 is 0.880 bits per heavy atom. The monoisotopic (exact) mass is 331 g/mol. The lowest BCUT2D eigenvalue weighted by Crippen LogP contribution is -2.20. The van der Waals surface area contributed by atoms with Gasteiger partial charge in [-0.05, 0) is 11.6 Å². The van der Waals surface area contributed by atoms with Crippen molar-refractivity contribution in [2.45, 2.75) is 26.2 Å². The Bertz CT molecular complexity index is 895. The Labute approximate surface area is 148 Å². The summed E-state index contributed by atoms with van der Waals surface area (Å²) in [6, 6.07) is 21.4. The van der Waals surface area contributed by atoms with Crippen LogP contribution in [0, 0.1) is 0 Å². The summed E-state index contributed by atoms with van der Waals surface area (Å²) in [5, 5.41) is 9.89. The maximum Gasteiger partial charge on any atom is 0.338 e. The summed E-state index contributed by atoms with van der Waals surface area (Å²) < 4.78 is 0. The molecule has 0 bridgehead atoms. The van der Waals surface area contributed by atoms with Gasteiger partial charge in [0.1, 0.15) is 0 Å². The summed E-state index contributed by atoms with van der Waals surface area (Å²) in [6.07, 6.45) is 0. The van der Waals surface area contributed by atoms with Crippen LogP contribution in [0.3, 0.4) is 0 Å². The molecule has 0 aliphatic carbocycles. The van der Waals surface area contributed by atoms with Gasteiger partial charge in [-0.3, -0.25) is 4.98 Å².